The zero-order valence-electron chi connectivity index (χ0n) is 12.3. The Morgan fingerprint density at radius 1 is 1.35 bits per heavy atom. The van der Waals surface area contributed by atoms with Crippen molar-refractivity contribution in [2.45, 2.75) is 6.92 Å². The maximum absolute atomic E-state index is 11.3. The molecule has 0 saturated heterocycles. The summed E-state index contributed by atoms with van der Waals surface area (Å²) in [6, 6.07) is 5.42. The number of carboxylic acids is 1. The fraction of sp³-hybridized carbons (Fsp3) is 0.308. The third kappa shape index (κ3) is 3.43. The molecule has 0 aliphatic rings. The van der Waals surface area contributed by atoms with E-state index in [1.807, 2.05) is 0 Å². The molecule has 0 spiro atoms. The minimum atomic E-state index is -1.25. The number of aliphatic hydroxyl groups excluding tert-OH is 1. The van der Waals surface area contributed by atoms with Crippen molar-refractivity contribution in [1.82, 2.24) is 15.0 Å². The number of aromatic carboxylic acids is 1. The predicted molar refractivity (Wildman–Crippen MR) is 79.9 cm³/mol. The average molecular weight is 321 g/mol. The molecule has 10 heteroatoms. The Hall–Kier alpha value is -3.01. The van der Waals surface area contributed by atoms with Crippen molar-refractivity contribution in [2.24, 2.45) is 0 Å². The summed E-state index contributed by atoms with van der Waals surface area (Å²) in [4.78, 5) is 24.1. The van der Waals surface area contributed by atoms with E-state index in [1.54, 1.807) is 11.8 Å². The van der Waals surface area contributed by atoms with Gasteiger partial charge in [-0.2, -0.15) is 0 Å². The van der Waals surface area contributed by atoms with Crippen LogP contribution in [-0.2, 0) is 0 Å². The van der Waals surface area contributed by atoms with Crippen LogP contribution in [0.4, 0.5) is 11.5 Å². The Balaban J connectivity index is 2.43. The first-order valence-corrected chi connectivity index (χ1v) is 6.79. The quantitative estimate of drug-likeness (QED) is 0.562. The molecule has 122 valence electrons. The Labute approximate surface area is 130 Å². The van der Waals surface area contributed by atoms with Crippen molar-refractivity contribution >= 4 is 17.5 Å². The van der Waals surface area contributed by atoms with Gasteiger partial charge in [-0.25, -0.2) is 4.79 Å². The lowest BCUT2D eigenvalue weighted by Gasteiger charge is -2.18. The number of nitro groups is 1. The van der Waals surface area contributed by atoms with Crippen molar-refractivity contribution in [3.63, 3.8) is 0 Å². The standard InChI is InChI=1S/C13H15N5O5/c1-2-16(7-8-19)12-11(13(20)21)14-17(15-12)9-3-5-10(6-4-9)18(22)23/h3-6,19H,2,7-8H2,1H3,(H,20,21). The molecular formula is C13H15N5O5. The van der Waals surface area contributed by atoms with Crippen molar-refractivity contribution in [2.75, 3.05) is 24.6 Å². The lowest BCUT2D eigenvalue weighted by atomic mass is 10.3. The van der Waals surface area contributed by atoms with Crippen LogP contribution in [0.15, 0.2) is 24.3 Å². The van der Waals surface area contributed by atoms with Gasteiger partial charge in [0.25, 0.3) is 5.69 Å². The molecule has 0 radical (unpaired) electrons. The van der Waals surface area contributed by atoms with Crippen LogP contribution in [-0.4, -0.2) is 55.8 Å². The minimum absolute atomic E-state index is 0.0879. The van der Waals surface area contributed by atoms with E-state index in [0.717, 1.165) is 4.80 Å². The number of carboxylic acid groups (broad SMARTS) is 1. The molecule has 23 heavy (non-hydrogen) atoms. The van der Waals surface area contributed by atoms with Gasteiger partial charge in [-0.3, -0.25) is 10.1 Å². The summed E-state index contributed by atoms with van der Waals surface area (Å²) >= 11 is 0. The highest BCUT2D eigenvalue weighted by Crippen LogP contribution is 2.19. The number of nitrogens with zero attached hydrogens (tertiary/aromatic N) is 5. The van der Waals surface area contributed by atoms with E-state index >= 15 is 0 Å². The summed E-state index contributed by atoms with van der Waals surface area (Å²) in [5.74, 6) is -1.11. The normalized spacial score (nSPS) is 10.5. The number of hydrogen-bond donors (Lipinski definition) is 2. The summed E-state index contributed by atoms with van der Waals surface area (Å²) in [7, 11) is 0. The summed E-state index contributed by atoms with van der Waals surface area (Å²) in [5.41, 5.74) is 0.0538. The Kier molecular flexibility index (Phi) is 4.86. The fourth-order valence-electron chi connectivity index (χ4n) is 2.01. The number of benzene rings is 1. The second-order valence-electron chi connectivity index (χ2n) is 4.54. The number of nitro benzene ring substituents is 1. The summed E-state index contributed by atoms with van der Waals surface area (Å²) < 4.78 is 0. The van der Waals surface area contributed by atoms with Crippen molar-refractivity contribution < 1.29 is 19.9 Å². The number of likely N-dealkylation sites (N-methyl/N-ethyl adjacent to an activating group) is 1. The molecule has 2 aromatic rings. The van der Waals surface area contributed by atoms with Crippen LogP contribution in [0, 0.1) is 10.1 Å². The van der Waals surface area contributed by atoms with E-state index < -0.39 is 10.9 Å². The summed E-state index contributed by atoms with van der Waals surface area (Å²) in [6.45, 7) is 2.30. The van der Waals surface area contributed by atoms with Crippen LogP contribution >= 0.6 is 0 Å². The monoisotopic (exact) mass is 321 g/mol. The van der Waals surface area contributed by atoms with Gasteiger partial charge in [0, 0.05) is 25.2 Å². The number of hydrogen-bond acceptors (Lipinski definition) is 7. The van der Waals surface area contributed by atoms with Crippen molar-refractivity contribution in [1.29, 1.82) is 0 Å². The van der Waals surface area contributed by atoms with Crippen LogP contribution in [0.2, 0.25) is 0 Å². The molecule has 0 atom stereocenters. The first-order valence-electron chi connectivity index (χ1n) is 6.79. The maximum Gasteiger partial charge on any atom is 0.360 e. The van der Waals surface area contributed by atoms with Gasteiger partial charge in [-0.1, -0.05) is 0 Å². The lowest BCUT2D eigenvalue weighted by Crippen LogP contribution is -2.28. The van der Waals surface area contributed by atoms with Gasteiger partial charge in [0.15, 0.2) is 5.82 Å². The highest BCUT2D eigenvalue weighted by Gasteiger charge is 2.22. The van der Waals surface area contributed by atoms with E-state index in [2.05, 4.69) is 10.2 Å². The fourth-order valence-corrected chi connectivity index (χ4v) is 2.01. The molecule has 1 aromatic heterocycles. The van der Waals surface area contributed by atoms with Crippen LogP contribution in [0.5, 0.6) is 0 Å². The van der Waals surface area contributed by atoms with E-state index in [-0.39, 0.29) is 30.4 Å². The summed E-state index contributed by atoms with van der Waals surface area (Å²) in [5, 5.41) is 37.0. The lowest BCUT2D eigenvalue weighted by molar-refractivity contribution is -0.384. The third-order valence-corrected chi connectivity index (χ3v) is 3.14. The molecule has 1 heterocycles. The second kappa shape index (κ2) is 6.83. The molecule has 10 nitrogen and oxygen atoms in total. The Bertz CT molecular complexity index is 712. The van der Waals surface area contributed by atoms with Crippen LogP contribution in [0.3, 0.4) is 0 Å². The minimum Gasteiger partial charge on any atom is -0.476 e. The van der Waals surface area contributed by atoms with E-state index in [9.17, 15) is 20.0 Å². The third-order valence-electron chi connectivity index (χ3n) is 3.14. The van der Waals surface area contributed by atoms with Crippen LogP contribution < -0.4 is 4.90 Å². The zero-order chi connectivity index (χ0) is 17.0. The molecule has 0 bridgehead atoms. The van der Waals surface area contributed by atoms with Gasteiger partial charge in [0.05, 0.1) is 17.2 Å². The van der Waals surface area contributed by atoms with Gasteiger partial charge in [-0.15, -0.1) is 15.0 Å². The topological polar surface area (TPSA) is 135 Å². The smallest absolute Gasteiger partial charge is 0.360 e. The Morgan fingerprint density at radius 2 is 2.00 bits per heavy atom. The molecule has 0 aliphatic heterocycles. The first kappa shape index (κ1) is 16.4. The van der Waals surface area contributed by atoms with E-state index in [4.69, 9.17) is 5.11 Å². The number of aliphatic hydroxyl groups is 1. The number of rotatable bonds is 7. The average Bonchev–Trinajstić information content (AvgIpc) is 2.98. The molecule has 1 aromatic carbocycles. The Morgan fingerprint density at radius 3 is 2.48 bits per heavy atom. The van der Waals surface area contributed by atoms with Crippen molar-refractivity contribution in [3.05, 3.63) is 40.1 Å². The van der Waals surface area contributed by atoms with Crippen LogP contribution in [0.1, 0.15) is 17.4 Å². The molecule has 0 amide bonds. The van der Waals surface area contributed by atoms with Crippen LogP contribution in [0.25, 0.3) is 5.69 Å². The molecule has 2 N–H and O–H groups in total. The van der Waals surface area contributed by atoms with Crippen molar-refractivity contribution in [3.8, 4) is 5.69 Å². The van der Waals surface area contributed by atoms with Gasteiger partial charge in [0.1, 0.15) is 0 Å². The number of anilines is 1. The van der Waals surface area contributed by atoms with E-state index in [1.165, 1.54) is 24.3 Å². The number of non-ortho nitro benzene ring substituents is 1. The molecule has 0 fully saturated rings. The maximum atomic E-state index is 11.3. The van der Waals surface area contributed by atoms with Gasteiger partial charge >= 0.3 is 5.97 Å². The molecule has 2 rings (SSSR count). The van der Waals surface area contributed by atoms with Gasteiger partial charge in [-0.05, 0) is 19.1 Å². The zero-order valence-corrected chi connectivity index (χ0v) is 12.3. The largest absolute Gasteiger partial charge is 0.476 e. The molecule has 0 unspecified atom stereocenters. The van der Waals surface area contributed by atoms with E-state index in [0.29, 0.717) is 12.2 Å². The summed E-state index contributed by atoms with van der Waals surface area (Å²) in [6.07, 6.45) is 0. The first-order chi connectivity index (χ1) is 11.0. The second-order valence-corrected chi connectivity index (χ2v) is 4.54. The SMILES string of the molecule is CCN(CCO)c1nn(-c2ccc([N+](=O)[O-])cc2)nc1C(=O)O. The van der Waals surface area contributed by atoms with Gasteiger partial charge < -0.3 is 15.1 Å². The molecule has 0 saturated carbocycles. The predicted octanol–water partition coefficient (Wildman–Crippen LogP) is 0.692. The van der Waals surface area contributed by atoms with Gasteiger partial charge in [0.2, 0.25) is 5.69 Å². The number of carbonyl (C=O) groups is 1. The highest BCUT2D eigenvalue weighted by molar-refractivity contribution is 5.91. The molecular weight excluding hydrogens is 306 g/mol. The highest BCUT2D eigenvalue weighted by atomic mass is 16.6. The number of aromatic nitrogens is 3. The molecule has 0 aliphatic carbocycles.